The summed E-state index contributed by atoms with van der Waals surface area (Å²) < 4.78 is 21.8. The molecular weight excluding hydrogens is 268 g/mol. The molecule has 2 aliphatic carbocycles. The molecule has 4 heteroatoms. The molecular formula is C17H20O4. The van der Waals surface area contributed by atoms with Crippen molar-refractivity contribution in [1.82, 2.24) is 0 Å². The molecule has 4 rings (SSSR count). The van der Waals surface area contributed by atoms with E-state index in [1.165, 1.54) is 11.1 Å². The van der Waals surface area contributed by atoms with Gasteiger partial charge in [-0.3, -0.25) is 0 Å². The zero-order valence-corrected chi connectivity index (χ0v) is 12.0. The summed E-state index contributed by atoms with van der Waals surface area (Å²) in [6.45, 7) is 3.76. The van der Waals surface area contributed by atoms with Gasteiger partial charge in [0.05, 0.1) is 26.4 Å². The Kier molecular flexibility index (Phi) is 3.67. The van der Waals surface area contributed by atoms with Crippen molar-refractivity contribution in [2.75, 3.05) is 33.0 Å². The average Bonchev–Trinajstić information content (AvgIpc) is 3.38. The van der Waals surface area contributed by atoms with Crippen LogP contribution >= 0.6 is 0 Å². The lowest BCUT2D eigenvalue weighted by Crippen LogP contribution is -2.14. The van der Waals surface area contributed by atoms with Crippen molar-refractivity contribution in [3.8, 4) is 0 Å². The summed E-state index contributed by atoms with van der Waals surface area (Å²) in [6.07, 6.45) is 12.4. The molecule has 0 saturated carbocycles. The molecule has 0 aromatic carbocycles. The van der Waals surface area contributed by atoms with Crippen LogP contribution in [0.3, 0.4) is 0 Å². The average molecular weight is 288 g/mol. The highest BCUT2D eigenvalue weighted by atomic mass is 16.6. The highest BCUT2D eigenvalue weighted by Crippen LogP contribution is 2.32. The van der Waals surface area contributed by atoms with E-state index < -0.39 is 0 Å². The molecule has 2 saturated heterocycles. The smallest absolute Gasteiger partial charge is 0.117 e. The van der Waals surface area contributed by atoms with E-state index in [4.69, 9.17) is 18.9 Å². The Labute approximate surface area is 124 Å². The minimum atomic E-state index is 0.302. The molecule has 0 bridgehead atoms. The van der Waals surface area contributed by atoms with Crippen LogP contribution in [-0.4, -0.2) is 45.2 Å². The van der Waals surface area contributed by atoms with E-state index in [0.29, 0.717) is 37.9 Å². The molecule has 0 aromatic heterocycles. The van der Waals surface area contributed by atoms with Gasteiger partial charge in [-0.05, 0) is 29.7 Å². The molecule has 4 aliphatic rings. The topological polar surface area (TPSA) is 43.5 Å². The predicted octanol–water partition coefficient (Wildman–Crippen LogP) is 2.14. The first-order chi connectivity index (χ1) is 10.4. The summed E-state index contributed by atoms with van der Waals surface area (Å²) in [5, 5.41) is 0. The summed E-state index contributed by atoms with van der Waals surface area (Å²) in [6, 6.07) is 0. The maximum Gasteiger partial charge on any atom is 0.117 e. The lowest BCUT2D eigenvalue weighted by molar-refractivity contribution is 0.133. The summed E-state index contributed by atoms with van der Waals surface area (Å²) in [7, 11) is 0. The highest BCUT2D eigenvalue weighted by Gasteiger charge is 2.25. The van der Waals surface area contributed by atoms with Gasteiger partial charge in [0.15, 0.2) is 0 Å². The maximum atomic E-state index is 5.77. The standard InChI is InChI=1S/C17H20O4/c1-2-13-3-4-15(19-10-17-11-21-17)6-14(13)5-12(1)7-18-8-16-9-20-16/h1-4,6,14,16-17H,5,7-11H2. The van der Waals surface area contributed by atoms with E-state index in [0.717, 1.165) is 25.4 Å². The zero-order valence-electron chi connectivity index (χ0n) is 12.0. The van der Waals surface area contributed by atoms with Crippen LogP contribution in [0.5, 0.6) is 0 Å². The second-order valence-electron chi connectivity index (χ2n) is 5.94. The number of rotatable bonds is 7. The number of ether oxygens (including phenoxy) is 4. The summed E-state index contributed by atoms with van der Waals surface area (Å²) in [4.78, 5) is 0. The van der Waals surface area contributed by atoms with Gasteiger partial charge >= 0.3 is 0 Å². The summed E-state index contributed by atoms with van der Waals surface area (Å²) >= 11 is 0. The molecule has 112 valence electrons. The first-order valence-corrected chi connectivity index (χ1v) is 7.60. The van der Waals surface area contributed by atoms with Crippen LogP contribution in [0, 0.1) is 5.92 Å². The van der Waals surface area contributed by atoms with E-state index in [-0.39, 0.29) is 0 Å². The fourth-order valence-corrected chi connectivity index (χ4v) is 2.61. The Balaban J connectivity index is 1.31. The Hall–Kier alpha value is -1.36. The molecule has 2 heterocycles. The van der Waals surface area contributed by atoms with Crippen LogP contribution in [0.2, 0.25) is 0 Å². The van der Waals surface area contributed by atoms with Gasteiger partial charge in [0.2, 0.25) is 0 Å². The third-order valence-electron chi connectivity index (χ3n) is 4.06. The number of allylic oxidation sites excluding steroid dienone is 6. The molecule has 0 N–H and O–H groups in total. The van der Waals surface area contributed by atoms with Crippen molar-refractivity contribution in [2.45, 2.75) is 18.6 Å². The molecule has 0 spiro atoms. The van der Waals surface area contributed by atoms with Crippen molar-refractivity contribution >= 4 is 0 Å². The molecule has 2 fully saturated rings. The minimum Gasteiger partial charge on any atom is -0.491 e. The predicted molar refractivity (Wildman–Crippen MR) is 77.7 cm³/mol. The van der Waals surface area contributed by atoms with Crippen LogP contribution in [0.4, 0.5) is 0 Å². The monoisotopic (exact) mass is 288 g/mol. The molecule has 0 amide bonds. The van der Waals surface area contributed by atoms with Crippen LogP contribution in [0.15, 0.2) is 47.3 Å². The lowest BCUT2D eigenvalue weighted by atomic mass is 9.84. The van der Waals surface area contributed by atoms with Crippen molar-refractivity contribution in [3.63, 3.8) is 0 Å². The van der Waals surface area contributed by atoms with Crippen LogP contribution in [0.1, 0.15) is 6.42 Å². The van der Waals surface area contributed by atoms with Gasteiger partial charge in [-0.15, -0.1) is 0 Å². The fourth-order valence-electron chi connectivity index (χ4n) is 2.61. The molecule has 0 aromatic rings. The number of hydrogen-bond acceptors (Lipinski definition) is 4. The van der Waals surface area contributed by atoms with Gasteiger partial charge in [0.1, 0.15) is 24.6 Å². The molecule has 2 aliphatic heterocycles. The van der Waals surface area contributed by atoms with Gasteiger partial charge < -0.3 is 18.9 Å². The van der Waals surface area contributed by atoms with Crippen LogP contribution in [-0.2, 0) is 18.9 Å². The van der Waals surface area contributed by atoms with E-state index in [9.17, 15) is 0 Å². The van der Waals surface area contributed by atoms with E-state index in [2.05, 4.69) is 24.3 Å². The Morgan fingerprint density at radius 1 is 1.05 bits per heavy atom. The molecule has 4 nitrogen and oxygen atoms in total. The molecule has 0 radical (unpaired) electrons. The largest absolute Gasteiger partial charge is 0.491 e. The first kappa shape index (κ1) is 13.3. The van der Waals surface area contributed by atoms with E-state index >= 15 is 0 Å². The minimum absolute atomic E-state index is 0.302. The van der Waals surface area contributed by atoms with Crippen molar-refractivity contribution < 1.29 is 18.9 Å². The van der Waals surface area contributed by atoms with E-state index in [1.54, 1.807) is 0 Å². The van der Waals surface area contributed by atoms with Crippen LogP contribution < -0.4 is 0 Å². The van der Waals surface area contributed by atoms with Gasteiger partial charge in [0.25, 0.3) is 0 Å². The third kappa shape index (κ3) is 3.64. The second kappa shape index (κ2) is 5.79. The quantitative estimate of drug-likeness (QED) is 0.673. The highest BCUT2D eigenvalue weighted by molar-refractivity contribution is 5.42. The maximum absolute atomic E-state index is 5.77. The fraction of sp³-hybridized carbons (Fsp3) is 0.529. The SMILES string of the molecule is C1=CC2=CC=C(COCC3CO3)CC2C=C1OCC1CO1. The van der Waals surface area contributed by atoms with Gasteiger partial charge in [-0.2, -0.15) is 0 Å². The second-order valence-corrected chi connectivity index (χ2v) is 5.94. The normalized spacial score (nSPS) is 32.8. The van der Waals surface area contributed by atoms with Gasteiger partial charge in [-0.1, -0.05) is 18.2 Å². The Morgan fingerprint density at radius 3 is 2.67 bits per heavy atom. The molecule has 21 heavy (non-hydrogen) atoms. The lowest BCUT2D eigenvalue weighted by Gasteiger charge is -2.24. The van der Waals surface area contributed by atoms with Gasteiger partial charge in [-0.25, -0.2) is 0 Å². The van der Waals surface area contributed by atoms with E-state index in [1.807, 2.05) is 6.08 Å². The first-order valence-electron chi connectivity index (χ1n) is 7.60. The van der Waals surface area contributed by atoms with Crippen LogP contribution in [0.25, 0.3) is 0 Å². The number of epoxide rings is 2. The Morgan fingerprint density at radius 2 is 1.86 bits per heavy atom. The van der Waals surface area contributed by atoms with Gasteiger partial charge in [0, 0.05) is 5.92 Å². The number of fused-ring (bicyclic) bond motifs is 1. The molecule has 3 atom stereocenters. The molecule has 3 unspecified atom stereocenters. The van der Waals surface area contributed by atoms with Crippen molar-refractivity contribution in [1.29, 1.82) is 0 Å². The third-order valence-corrected chi connectivity index (χ3v) is 4.06. The Bertz CT molecular complexity index is 521. The zero-order chi connectivity index (χ0) is 14.1. The van der Waals surface area contributed by atoms with Crippen molar-refractivity contribution in [2.24, 2.45) is 5.92 Å². The number of hydrogen-bond donors (Lipinski definition) is 0. The summed E-state index contributed by atoms with van der Waals surface area (Å²) in [5.74, 6) is 1.37. The summed E-state index contributed by atoms with van der Waals surface area (Å²) in [5.41, 5.74) is 2.68. The van der Waals surface area contributed by atoms with Crippen molar-refractivity contribution in [3.05, 3.63) is 47.3 Å².